The Morgan fingerprint density at radius 3 is 2.42 bits per heavy atom. The summed E-state index contributed by atoms with van der Waals surface area (Å²) in [6, 6.07) is 6.91. The van der Waals surface area contributed by atoms with Gasteiger partial charge in [-0.25, -0.2) is 4.39 Å². The molecule has 0 N–H and O–H groups in total. The zero-order valence-corrected chi connectivity index (χ0v) is 17.7. The van der Waals surface area contributed by atoms with E-state index < -0.39 is 0 Å². The summed E-state index contributed by atoms with van der Waals surface area (Å²) in [6.45, 7) is 15.4. The normalized spacial score (nSPS) is 16.0. The Hall–Kier alpha value is -1.83. The third-order valence-electron chi connectivity index (χ3n) is 4.85. The second-order valence-corrected chi connectivity index (χ2v) is 6.93. The lowest BCUT2D eigenvalue weighted by atomic mass is 9.99. The number of benzene rings is 1. The van der Waals surface area contributed by atoms with Crippen molar-refractivity contribution in [3.63, 3.8) is 0 Å². The van der Waals surface area contributed by atoms with Crippen LogP contribution in [-0.4, -0.2) is 12.6 Å². The highest BCUT2D eigenvalue weighted by molar-refractivity contribution is 5.71. The van der Waals surface area contributed by atoms with Crippen molar-refractivity contribution >= 4 is 11.3 Å². The second-order valence-electron chi connectivity index (χ2n) is 6.93. The molecule has 0 aromatic heterocycles. The van der Waals surface area contributed by atoms with E-state index >= 15 is 0 Å². The summed E-state index contributed by atoms with van der Waals surface area (Å²) in [5, 5.41) is 0. The molecular weight excluding hydrogens is 321 g/mol. The molecule has 1 aliphatic heterocycles. The number of hydrogen-bond donors (Lipinski definition) is 0. The van der Waals surface area contributed by atoms with Crippen LogP contribution in [-0.2, 0) is 6.42 Å². The number of halogens is 1. The van der Waals surface area contributed by atoms with E-state index in [-0.39, 0.29) is 5.83 Å². The maximum atomic E-state index is 14.5. The maximum Gasteiger partial charge on any atom is 0.126 e. The van der Waals surface area contributed by atoms with E-state index in [2.05, 4.69) is 36.9 Å². The van der Waals surface area contributed by atoms with Gasteiger partial charge < -0.3 is 4.90 Å². The molecule has 1 heterocycles. The number of fused-ring (bicyclic) bond motifs is 1. The summed E-state index contributed by atoms with van der Waals surface area (Å²) in [4.78, 5) is 2.47. The monoisotopic (exact) mass is 357 g/mol. The fraction of sp³-hybridized carbons (Fsp3) is 0.500. The van der Waals surface area contributed by atoms with Crippen molar-refractivity contribution in [3.8, 4) is 0 Å². The Labute approximate surface area is 160 Å². The zero-order valence-electron chi connectivity index (χ0n) is 17.7. The molecule has 144 valence electrons. The van der Waals surface area contributed by atoms with Gasteiger partial charge in [0.05, 0.1) is 0 Å². The van der Waals surface area contributed by atoms with Crippen LogP contribution in [0.25, 0.3) is 5.57 Å². The highest BCUT2D eigenvalue weighted by atomic mass is 19.1. The second kappa shape index (κ2) is 11.0. The first-order valence-corrected chi connectivity index (χ1v) is 10.0. The number of aryl methyl sites for hydroxylation is 1. The van der Waals surface area contributed by atoms with E-state index in [9.17, 15) is 4.39 Å². The number of allylic oxidation sites excluding steroid dienone is 6. The molecule has 2 rings (SSSR count). The van der Waals surface area contributed by atoms with Gasteiger partial charge in [-0.2, -0.15) is 0 Å². The van der Waals surface area contributed by atoms with Crippen molar-refractivity contribution in [2.24, 2.45) is 0 Å². The molecule has 0 amide bonds. The van der Waals surface area contributed by atoms with Crippen LogP contribution in [0.15, 0.2) is 47.8 Å². The smallest absolute Gasteiger partial charge is 0.126 e. The number of rotatable bonds is 4. The Morgan fingerprint density at radius 2 is 1.81 bits per heavy atom. The maximum absolute atomic E-state index is 14.5. The molecule has 1 aromatic carbocycles. The van der Waals surface area contributed by atoms with Gasteiger partial charge in [-0.1, -0.05) is 37.6 Å². The van der Waals surface area contributed by atoms with E-state index in [1.807, 2.05) is 46.8 Å². The van der Waals surface area contributed by atoms with Gasteiger partial charge in [-0.3, -0.25) is 0 Å². The Bertz CT molecular complexity index is 665. The Balaban J connectivity index is 0.00000163. The summed E-state index contributed by atoms with van der Waals surface area (Å²) >= 11 is 0. The predicted octanol–water partition coefficient (Wildman–Crippen LogP) is 7.49. The third kappa shape index (κ3) is 5.86. The topological polar surface area (TPSA) is 3.24 Å². The lowest BCUT2D eigenvalue weighted by Gasteiger charge is -2.29. The molecule has 0 fully saturated rings. The first kappa shape index (κ1) is 22.2. The fourth-order valence-electron chi connectivity index (χ4n) is 3.12. The Morgan fingerprint density at radius 1 is 1.12 bits per heavy atom. The molecule has 1 aromatic rings. The van der Waals surface area contributed by atoms with Gasteiger partial charge in [0.1, 0.15) is 5.83 Å². The summed E-state index contributed by atoms with van der Waals surface area (Å²) in [6.07, 6.45) is 8.86. The van der Waals surface area contributed by atoms with Crippen LogP contribution in [0.3, 0.4) is 0 Å². The lowest BCUT2D eigenvalue weighted by molar-refractivity contribution is 0.652. The summed E-state index contributed by atoms with van der Waals surface area (Å²) in [7, 11) is 0. The molecule has 0 atom stereocenters. The standard InChI is InChI=1S/C22H30FN.C2H6/c1-6-17(4)10-12-21(23)18(5)19-11-13-22-20(15-19)9-7-8-14-24(22)16(2)3;1-2/h6,10-13,15-16H,7-9,14H2,1-5H3;1-2H3/b12-10+,17-6+,21-18-;. The Kier molecular flexibility index (Phi) is 9.40. The van der Waals surface area contributed by atoms with Crippen LogP contribution in [0.1, 0.15) is 72.4 Å². The first-order chi connectivity index (χ1) is 12.4. The minimum absolute atomic E-state index is 0.162. The fourth-order valence-corrected chi connectivity index (χ4v) is 3.12. The molecule has 0 aliphatic carbocycles. The van der Waals surface area contributed by atoms with Crippen LogP contribution in [0, 0.1) is 0 Å². The molecule has 26 heavy (non-hydrogen) atoms. The van der Waals surface area contributed by atoms with Gasteiger partial charge in [0.25, 0.3) is 0 Å². The predicted molar refractivity (Wildman–Crippen MR) is 115 cm³/mol. The van der Waals surface area contributed by atoms with Crippen molar-refractivity contribution in [2.75, 3.05) is 11.4 Å². The van der Waals surface area contributed by atoms with E-state index in [4.69, 9.17) is 0 Å². The van der Waals surface area contributed by atoms with Crippen LogP contribution >= 0.6 is 0 Å². The minimum atomic E-state index is -0.162. The van der Waals surface area contributed by atoms with Gasteiger partial charge in [-0.15, -0.1) is 0 Å². The van der Waals surface area contributed by atoms with Gasteiger partial charge in [0.15, 0.2) is 0 Å². The summed E-state index contributed by atoms with van der Waals surface area (Å²) < 4.78 is 14.5. The minimum Gasteiger partial charge on any atom is -0.369 e. The highest BCUT2D eigenvalue weighted by Crippen LogP contribution is 2.31. The van der Waals surface area contributed by atoms with Crippen LogP contribution in [0.2, 0.25) is 0 Å². The van der Waals surface area contributed by atoms with E-state index in [0.717, 1.165) is 24.1 Å². The summed E-state index contributed by atoms with van der Waals surface area (Å²) in [5.74, 6) is -0.162. The quantitative estimate of drug-likeness (QED) is 0.505. The molecule has 0 spiro atoms. The molecule has 0 radical (unpaired) electrons. The van der Waals surface area contributed by atoms with Crippen LogP contribution < -0.4 is 4.90 Å². The average Bonchev–Trinajstić information content (AvgIpc) is 2.88. The van der Waals surface area contributed by atoms with E-state index in [1.54, 1.807) is 6.08 Å². The summed E-state index contributed by atoms with van der Waals surface area (Å²) in [5.41, 5.74) is 5.42. The molecule has 0 bridgehead atoms. The molecular formula is C24H36FN. The molecule has 1 aliphatic rings. The molecule has 0 saturated carbocycles. The number of nitrogens with zero attached hydrogens (tertiary/aromatic N) is 1. The van der Waals surface area contributed by atoms with Gasteiger partial charge in [-0.05, 0) is 88.8 Å². The number of hydrogen-bond acceptors (Lipinski definition) is 1. The first-order valence-electron chi connectivity index (χ1n) is 10.0. The van der Waals surface area contributed by atoms with Crippen molar-refractivity contribution in [1.82, 2.24) is 0 Å². The number of anilines is 1. The molecule has 0 unspecified atom stereocenters. The zero-order chi connectivity index (χ0) is 19.7. The highest BCUT2D eigenvalue weighted by Gasteiger charge is 2.18. The van der Waals surface area contributed by atoms with Crippen molar-refractivity contribution < 1.29 is 4.39 Å². The third-order valence-corrected chi connectivity index (χ3v) is 4.85. The lowest BCUT2D eigenvalue weighted by Crippen LogP contribution is -2.31. The van der Waals surface area contributed by atoms with Crippen molar-refractivity contribution in [3.05, 3.63) is 59.0 Å². The van der Waals surface area contributed by atoms with Crippen LogP contribution in [0.4, 0.5) is 10.1 Å². The largest absolute Gasteiger partial charge is 0.369 e. The molecule has 2 heteroatoms. The van der Waals surface area contributed by atoms with Crippen molar-refractivity contribution in [1.29, 1.82) is 0 Å². The van der Waals surface area contributed by atoms with Crippen molar-refractivity contribution in [2.45, 2.75) is 73.8 Å². The van der Waals surface area contributed by atoms with Gasteiger partial charge in [0, 0.05) is 18.3 Å². The van der Waals surface area contributed by atoms with Gasteiger partial charge >= 0.3 is 0 Å². The molecule has 1 nitrogen and oxygen atoms in total. The van der Waals surface area contributed by atoms with Crippen LogP contribution in [0.5, 0.6) is 0 Å². The average molecular weight is 358 g/mol. The SMILES string of the molecule is C/C=C(C)/C=C/C(F)=C(\C)c1ccc2c(c1)CCCCN2C(C)C.CC. The molecule has 0 saturated heterocycles. The van der Waals surface area contributed by atoms with Gasteiger partial charge in [0.2, 0.25) is 0 Å². The van der Waals surface area contributed by atoms with E-state index in [0.29, 0.717) is 11.6 Å². The van der Waals surface area contributed by atoms with E-state index in [1.165, 1.54) is 24.1 Å².